The van der Waals surface area contributed by atoms with Crippen molar-refractivity contribution >= 4 is 11.2 Å². The fraction of sp³-hybridized carbons (Fsp3) is 0.357. The van der Waals surface area contributed by atoms with Gasteiger partial charge in [0.2, 0.25) is 0 Å². The number of nitrogens with one attached hydrogen (secondary N) is 2. The minimum Gasteiger partial charge on any atom is -0.466 e. The minimum absolute atomic E-state index is 0.295. The van der Waals surface area contributed by atoms with Crippen molar-refractivity contribution in [3.05, 3.63) is 37.9 Å². The number of aromatic amines is 2. The van der Waals surface area contributed by atoms with Gasteiger partial charge in [-0.05, 0) is 27.7 Å². The molecule has 21 heavy (non-hydrogen) atoms. The van der Waals surface area contributed by atoms with E-state index in [9.17, 15) is 9.59 Å². The quantitative estimate of drug-likeness (QED) is 0.748. The smallest absolute Gasteiger partial charge is 0.330 e. The van der Waals surface area contributed by atoms with Crippen molar-refractivity contribution in [3.63, 3.8) is 0 Å². The Morgan fingerprint density at radius 2 is 1.86 bits per heavy atom. The van der Waals surface area contributed by atoms with Gasteiger partial charge in [0.05, 0.1) is 5.56 Å². The number of hydrogen-bond acceptors (Lipinski definition) is 4. The van der Waals surface area contributed by atoms with Gasteiger partial charge < -0.3 is 9.40 Å². The number of hydrogen-bond donors (Lipinski definition) is 2. The lowest BCUT2D eigenvalue weighted by molar-refractivity contribution is 0.503. The summed E-state index contributed by atoms with van der Waals surface area (Å²) in [5.41, 5.74) is 1.54. The molecular weight excluding hydrogens is 272 g/mol. The molecule has 0 unspecified atom stereocenters. The van der Waals surface area contributed by atoms with Gasteiger partial charge in [0, 0.05) is 12.1 Å². The third kappa shape index (κ3) is 1.84. The predicted molar refractivity (Wildman–Crippen MR) is 78.6 cm³/mol. The van der Waals surface area contributed by atoms with E-state index >= 15 is 0 Å². The summed E-state index contributed by atoms with van der Waals surface area (Å²) in [6.07, 6.45) is 0. The highest BCUT2D eigenvalue weighted by Gasteiger charge is 2.19. The van der Waals surface area contributed by atoms with Gasteiger partial charge in [-0.15, -0.1) is 0 Å². The second-order valence-corrected chi connectivity index (χ2v) is 5.00. The number of aromatic nitrogens is 4. The van der Waals surface area contributed by atoms with Crippen LogP contribution in [-0.2, 0) is 6.54 Å². The van der Waals surface area contributed by atoms with Gasteiger partial charge in [-0.3, -0.25) is 14.3 Å². The van der Waals surface area contributed by atoms with Crippen LogP contribution in [0.4, 0.5) is 0 Å². The summed E-state index contributed by atoms with van der Waals surface area (Å²) in [4.78, 5) is 33.5. The molecule has 3 heterocycles. The van der Waals surface area contributed by atoms with E-state index in [2.05, 4.69) is 15.0 Å². The Kier molecular flexibility index (Phi) is 2.86. The Labute approximate surface area is 119 Å². The first-order valence-corrected chi connectivity index (χ1v) is 6.73. The van der Waals surface area contributed by atoms with E-state index in [-0.39, 0.29) is 0 Å². The Bertz CT molecular complexity index is 955. The maximum absolute atomic E-state index is 11.9. The fourth-order valence-electron chi connectivity index (χ4n) is 2.59. The van der Waals surface area contributed by atoms with Gasteiger partial charge in [0.25, 0.3) is 5.56 Å². The Hall–Kier alpha value is -2.57. The summed E-state index contributed by atoms with van der Waals surface area (Å²) < 4.78 is 7.02. The van der Waals surface area contributed by atoms with E-state index < -0.39 is 11.2 Å². The molecule has 0 saturated carbocycles. The number of imidazole rings is 1. The average Bonchev–Trinajstić information content (AvgIpc) is 2.93. The standard InChI is InChI=1S/C14H16N4O3/c1-5-18-12-10(13(19)17-14(18)20)15-11(16-12)9-6(2)7(3)21-8(9)4/h5H2,1-4H3,(H,15,16)(H,17,19,20). The molecule has 0 aliphatic carbocycles. The lowest BCUT2D eigenvalue weighted by Crippen LogP contribution is -2.29. The molecule has 0 spiro atoms. The number of nitrogens with zero attached hydrogens (tertiary/aromatic N) is 2. The summed E-state index contributed by atoms with van der Waals surface area (Å²) in [7, 11) is 0. The molecular formula is C14H16N4O3. The van der Waals surface area contributed by atoms with Gasteiger partial charge in [-0.25, -0.2) is 9.78 Å². The van der Waals surface area contributed by atoms with Gasteiger partial charge >= 0.3 is 5.69 Å². The Balaban J connectivity index is 2.39. The normalized spacial score (nSPS) is 11.4. The molecule has 0 fully saturated rings. The first-order valence-electron chi connectivity index (χ1n) is 6.73. The molecule has 7 heteroatoms. The molecule has 3 aromatic rings. The summed E-state index contributed by atoms with van der Waals surface area (Å²) >= 11 is 0. The summed E-state index contributed by atoms with van der Waals surface area (Å²) in [6, 6.07) is 0. The number of furan rings is 1. The van der Waals surface area contributed by atoms with Crippen LogP contribution in [0.15, 0.2) is 14.0 Å². The lowest BCUT2D eigenvalue weighted by atomic mass is 10.1. The van der Waals surface area contributed by atoms with E-state index in [4.69, 9.17) is 4.42 Å². The Morgan fingerprint density at radius 1 is 1.14 bits per heavy atom. The highest BCUT2D eigenvalue weighted by Crippen LogP contribution is 2.30. The minimum atomic E-state index is -0.464. The van der Waals surface area contributed by atoms with E-state index in [0.717, 1.165) is 22.6 Å². The van der Waals surface area contributed by atoms with Crippen LogP contribution in [-0.4, -0.2) is 19.5 Å². The molecule has 0 atom stereocenters. The predicted octanol–water partition coefficient (Wildman–Crippen LogP) is 1.62. The fourth-order valence-corrected chi connectivity index (χ4v) is 2.59. The second kappa shape index (κ2) is 4.47. The molecule has 0 radical (unpaired) electrons. The third-order valence-electron chi connectivity index (χ3n) is 3.75. The van der Waals surface area contributed by atoms with Crippen LogP contribution in [0.5, 0.6) is 0 Å². The highest BCUT2D eigenvalue weighted by molar-refractivity contribution is 5.77. The molecule has 2 N–H and O–H groups in total. The first kappa shape index (κ1) is 13.4. The SMILES string of the molecule is CCn1c(=O)[nH]c(=O)c2[nH]c(-c3c(C)oc(C)c3C)nc21. The van der Waals surface area contributed by atoms with Crippen molar-refractivity contribution in [2.24, 2.45) is 0 Å². The molecule has 3 aromatic heterocycles. The lowest BCUT2D eigenvalue weighted by Gasteiger charge is -1.99. The summed E-state index contributed by atoms with van der Waals surface area (Å²) in [5, 5.41) is 0. The van der Waals surface area contributed by atoms with Crippen LogP contribution in [0.1, 0.15) is 24.0 Å². The van der Waals surface area contributed by atoms with E-state index in [1.807, 2.05) is 27.7 Å². The van der Waals surface area contributed by atoms with Gasteiger partial charge in [-0.2, -0.15) is 0 Å². The largest absolute Gasteiger partial charge is 0.466 e. The zero-order chi connectivity index (χ0) is 15.3. The first-order chi connectivity index (χ1) is 9.93. The third-order valence-corrected chi connectivity index (χ3v) is 3.75. The van der Waals surface area contributed by atoms with Crippen LogP contribution in [0.2, 0.25) is 0 Å². The number of rotatable bonds is 2. The van der Waals surface area contributed by atoms with Crippen molar-refractivity contribution in [3.8, 4) is 11.4 Å². The van der Waals surface area contributed by atoms with E-state index in [1.165, 1.54) is 4.57 Å². The second-order valence-electron chi connectivity index (χ2n) is 5.00. The summed E-state index contributed by atoms with van der Waals surface area (Å²) in [5.74, 6) is 2.07. The van der Waals surface area contributed by atoms with Gasteiger partial charge in [-0.1, -0.05) is 0 Å². The zero-order valence-corrected chi connectivity index (χ0v) is 12.3. The molecule has 0 bridgehead atoms. The van der Waals surface area contributed by atoms with Gasteiger partial charge in [0.1, 0.15) is 22.9 Å². The van der Waals surface area contributed by atoms with Crippen LogP contribution >= 0.6 is 0 Å². The van der Waals surface area contributed by atoms with Crippen molar-refractivity contribution < 1.29 is 4.42 Å². The molecule has 7 nitrogen and oxygen atoms in total. The van der Waals surface area contributed by atoms with Crippen LogP contribution in [0.25, 0.3) is 22.6 Å². The van der Waals surface area contributed by atoms with Gasteiger partial charge in [0.15, 0.2) is 5.65 Å². The van der Waals surface area contributed by atoms with Crippen LogP contribution in [0, 0.1) is 20.8 Å². The number of H-pyrrole nitrogens is 2. The van der Waals surface area contributed by atoms with Crippen molar-refractivity contribution in [1.29, 1.82) is 0 Å². The van der Waals surface area contributed by atoms with Crippen molar-refractivity contribution in [2.45, 2.75) is 34.2 Å². The number of fused-ring (bicyclic) bond motifs is 1. The topological polar surface area (TPSA) is 96.7 Å². The molecule has 3 rings (SSSR count). The van der Waals surface area contributed by atoms with Crippen molar-refractivity contribution in [1.82, 2.24) is 19.5 Å². The Morgan fingerprint density at radius 3 is 2.43 bits per heavy atom. The zero-order valence-electron chi connectivity index (χ0n) is 12.3. The van der Waals surface area contributed by atoms with E-state index in [0.29, 0.717) is 23.5 Å². The molecule has 0 aromatic carbocycles. The maximum Gasteiger partial charge on any atom is 0.330 e. The molecule has 0 aliphatic rings. The van der Waals surface area contributed by atoms with Crippen LogP contribution in [0.3, 0.4) is 0 Å². The highest BCUT2D eigenvalue weighted by atomic mass is 16.3. The number of aryl methyl sites for hydroxylation is 3. The van der Waals surface area contributed by atoms with Crippen LogP contribution < -0.4 is 11.2 Å². The summed E-state index contributed by atoms with van der Waals surface area (Å²) in [6.45, 7) is 7.92. The monoisotopic (exact) mass is 288 g/mol. The molecule has 0 aliphatic heterocycles. The molecule has 110 valence electrons. The molecule has 0 amide bonds. The maximum atomic E-state index is 11.9. The molecule has 0 saturated heterocycles. The average molecular weight is 288 g/mol. The van der Waals surface area contributed by atoms with E-state index in [1.54, 1.807) is 0 Å². The van der Waals surface area contributed by atoms with Crippen molar-refractivity contribution in [2.75, 3.05) is 0 Å².